The molecule has 1 aliphatic heterocycles. The third kappa shape index (κ3) is 4.62. The number of alkyl halides is 3. The van der Waals surface area contributed by atoms with Gasteiger partial charge < -0.3 is 0 Å². The van der Waals surface area contributed by atoms with Crippen LogP contribution in [0.1, 0.15) is 35.7 Å². The standard InChI is InChI=1S/C26H22F3N5/c27-26(28,29)15-24-33-22-9-1-2-10-23(22)34(24)25-18(6-5-13-32-25)14-21(19-7-3-11-30-16-19)20-8-4-12-31-17-20/h1-5,7-13,16-18,21H,6,14-15H2. The molecule has 1 aliphatic rings. The summed E-state index contributed by atoms with van der Waals surface area (Å²) < 4.78 is 41.9. The molecule has 0 saturated heterocycles. The Morgan fingerprint density at radius 3 is 2.29 bits per heavy atom. The molecule has 1 unspecified atom stereocenters. The van der Waals surface area contributed by atoms with Crippen LogP contribution in [0.25, 0.3) is 11.0 Å². The van der Waals surface area contributed by atoms with Gasteiger partial charge in [0.1, 0.15) is 18.1 Å². The zero-order valence-corrected chi connectivity index (χ0v) is 18.2. The number of fused-ring (bicyclic) bond motifs is 1. The number of nitrogens with zero attached hydrogens (tertiary/aromatic N) is 5. The molecule has 0 fully saturated rings. The molecule has 0 N–H and O–H groups in total. The summed E-state index contributed by atoms with van der Waals surface area (Å²) in [5, 5.41) is 0. The lowest BCUT2D eigenvalue weighted by Gasteiger charge is -2.27. The number of hydrogen-bond donors (Lipinski definition) is 0. The Bertz CT molecular complexity index is 1290. The Morgan fingerprint density at radius 1 is 0.941 bits per heavy atom. The van der Waals surface area contributed by atoms with Crippen LogP contribution in [0.5, 0.6) is 0 Å². The van der Waals surface area contributed by atoms with Crippen LogP contribution in [0.2, 0.25) is 0 Å². The van der Waals surface area contributed by atoms with E-state index >= 15 is 0 Å². The highest BCUT2D eigenvalue weighted by Crippen LogP contribution is 2.35. The summed E-state index contributed by atoms with van der Waals surface area (Å²) in [7, 11) is 0. The first-order chi connectivity index (χ1) is 16.5. The van der Waals surface area contributed by atoms with Crippen molar-refractivity contribution in [1.29, 1.82) is 0 Å². The van der Waals surface area contributed by atoms with Crippen LogP contribution < -0.4 is 0 Å². The van der Waals surface area contributed by atoms with Crippen LogP contribution in [0.3, 0.4) is 0 Å². The molecular formula is C26H22F3N5. The predicted octanol–water partition coefficient (Wildman–Crippen LogP) is 5.93. The molecule has 34 heavy (non-hydrogen) atoms. The number of para-hydroxylation sites is 2. The zero-order chi connectivity index (χ0) is 23.5. The molecule has 8 heteroatoms. The topological polar surface area (TPSA) is 56.0 Å². The van der Waals surface area contributed by atoms with Gasteiger partial charge in [0.25, 0.3) is 0 Å². The van der Waals surface area contributed by atoms with Gasteiger partial charge >= 0.3 is 6.18 Å². The molecule has 172 valence electrons. The van der Waals surface area contributed by atoms with Crippen molar-refractivity contribution in [2.24, 2.45) is 10.9 Å². The van der Waals surface area contributed by atoms with Crippen LogP contribution in [0.4, 0.5) is 13.2 Å². The van der Waals surface area contributed by atoms with E-state index in [1.165, 1.54) is 0 Å². The number of pyridine rings is 2. The average molecular weight is 461 g/mol. The van der Waals surface area contributed by atoms with Gasteiger partial charge in [-0.2, -0.15) is 13.2 Å². The molecule has 0 amide bonds. The largest absolute Gasteiger partial charge is 0.396 e. The molecule has 1 atom stereocenters. The zero-order valence-electron chi connectivity index (χ0n) is 18.2. The Kier molecular flexibility index (Phi) is 5.96. The minimum absolute atomic E-state index is 0.0371. The van der Waals surface area contributed by atoms with Crippen molar-refractivity contribution < 1.29 is 13.2 Å². The van der Waals surface area contributed by atoms with Crippen molar-refractivity contribution in [3.8, 4) is 0 Å². The van der Waals surface area contributed by atoms with Crippen molar-refractivity contribution in [2.45, 2.75) is 31.4 Å². The molecule has 3 aromatic heterocycles. The second-order valence-corrected chi connectivity index (χ2v) is 8.31. The van der Waals surface area contributed by atoms with E-state index in [1.54, 1.807) is 47.4 Å². The number of aliphatic imine (C=N–C) groups is 1. The van der Waals surface area contributed by atoms with Gasteiger partial charge in [0.05, 0.1) is 11.0 Å². The van der Waals surface area contributed by atoms with Gasteiger partial charge in [-0.1, -0.05) is 30.3 Å². The van der Waals surface area contributed by atoms with Crippen molar-refractivity contribution in [2.75, 3.05) is 0 Å². The van der Waals surface area contributed by atoms with E-state index in [1.807, 2.05) is 42.7 Å². The van der Waals surface area contributed by atoms with Gasteiger partial charge in [0.15, 0.2) is 0 Å². The van der Waals surface area contributed by atoms with E-state index in [-0.39, 0.29) is 17.7 Å². The van der Waals surface area contributed by atoms with Gasteiger partial charge in [-0.25, -0.2) is 9.98 Å². The minimum atomic E-state index is -4.38. The van der Waals surface area contributed by atoms with Gasteiger partial charge in [-0.15, -0.1) is 0 Å². The number of aromatic nitrogens is 4. The Labute approximate surface area is 194 Å². The summed E-state index contributed by atoms with van der Waals surface area (Å²) in [5.74, 6) is 0.366. The number of hydrogen-bond acceptors (Lipinski definition) is 4. The van der Waals surface area contributed by atoms with E-state index in [0.717, 1.165) is 11.1 Å². The first-order valence-corrected chi connectivity index (χ1v) is 11.1. The molecule has 0 saturated carbocycles. The van der Waals surface area contributed by atoms with Crippen LogP contribution >= 0.6 is 0 Å². The van der Waals surface area contributed by atoms with Crippen LogP contribution in [-0.2, 0) is 6.42 Å². The van der Waals surface area contributed by atoms with Gasteiger partial charge in [0.2, 0.25) is 0 Å². The summed E-state index contributed by atoms with van der Waals surface area (Å²) in [6.07, 6.45) is 6.53. The van der Waals surface area contributed by atoms with Gasteiger partial charge in [-0.3, -0.25) is 14.5 Å². The highest BCUT2D eigenvalue weighted by atomic mass is 19.4. The molecule has 1 aromatic carbocycles. The maximum absolute atomic E-state index is 13.4. The molecule has 0 bridgehead atoms. The molecule has 4 heterocycles. The number of allylic oxidation sites excluding steroid dienone is 1. The fraction of sp³-hybridized carbons (Fsp3) is 0.231. The lowest BCUT2D eigenvalue weighted by atomic mass is 9.82. The van der Waals surface area contributed by atoms with Crippen LogP contribution in [0, 0.1) is 5.92 Å². The van der Waals surface area contributed by atoms with Gasteiger partial charge in [-0.05, 0) is 48.2 Å². The summed E-state index contributed by atoms with van der Waals surface area (Å²) in [6.45, 7) is 0. The van der Waals surface area contributed by atoms with Crippen molar-refractivity contribution in [3.05, 3.63) is 103 Å². The Balaban J connectivity index is 1.58. The second kappa shape index (κ2) is 9.21. The summed E-state index contributed by atoms with van der Waals surface area (Å²) in [6, 6.07) is 14.9. The summed E-state index contributed by atoms with van der Waals surface area (Å²) in [4.78, 5) is 17.5. The first-order valence-electron chi connectivity index (χ1n) is 11.1. The number of benzene rings is 1. The minimum Gasteiger partial charge on any atom is -0.283 e. The monoisotopic (exact) mass is 461 g/mol. The second-order valence-electron chi connectivity index (χ2n) is 8.31. The number of imidazole rings is 1. The van der Waals surface area contributed by atoms with Crippen molar-refractivity contribution in [3.63, 3.8) is 0 Å². The fourth-order valence-electron chi connectivity index (χ4n) is 4.55. The average Bonchev–Trinajstić information content (AvgIpc) is 3.20. The third-order valence-electron chi connectivity index (χ3n) is 6.01. The highest BCUT2D eigenvalue weighted by Gasteiger charge is 2.34. The number of halogens is 3. The van der Waals surface area contributed by atoms with Gasteiger partial charge in [0, 0.05) is 42.8 Å². The molecule has 4 aromatic rings. The van der Waals surface area contributed by atoms with E-state index in [4.69, 9.17) is 0 Å². The van der Waals surface area contributed by atoms with Crippen LogP contribution in [0.15, 0.2) is 90.6 Å². The van der Waals surface area contributed by atoms with Crippen molar-refractivity contribution >= 4 is 16.9 Å². The van der Waals surface area contributed by atoms with E-state index in [2.05, 4.69) is 19.9 Å². The highest BCUT2D eigenvalue weighted by molar-refractivity contribution is 5.96. The van der Waals surface area contributed by atoms with Crippen molar-refractivity contribution in [1.82, 2.24) is 19.5 Å². The van der Waals surface area contributed by atoms with Crippen LogP contribution in [-0.4, -0.2) is 31.5 Å². The summed E-state index contributed by atoms with van der Waals surface area (Å²) in [5.41, 5.74) is 3.19. The lowest BCUT2D eigenvalue weighted by molar-refractivity contribution is -0.128. The lowest BCUT2D eigenvalue weighted by Crippen LogP contribution is -2.29. The molecule has 5 nitrogen and oxygen atoms in total. The van der Waals surface area contributed by atoms with E-state index < -0.39 is 12.6 Å². The first kappa shape index (κ1) is 22.0. The molecule has 0 radical (unpaired) electrons. The maximum atomic E-state index is 13.4. The Morgan fingerprint density at radius 2 is 1.65 bits per heavy atom. The van der Waals surface area contributed by atoms with E-state index in [0.29, 0.717) is 29.7 Å². The summed E-state index contributed by atoms with van der Waals surface area (Å²) >= 11 is 0. The molecule has 5 rings (SSSR count). The normalized spacial score (nSPS) is 16.2. The molecule has 0 spiro atoms. The third-order valence-corrected chi connectivity index (χ3v) is 6.01. The number of rotatable bonds is 5. The Hall–Kier alpha value is -3.81. The fourth-order valence-corrected chi connectivity index (χ4v) is 4.55. The van der Waals surface area contributed by atoms with E-state index in [9.17, 15) is 13.2 Å². The molecule has 0 aliphatic carbocycles. The predicted molar refractivity (Wildman–Crippen MR) is 125 cm³/mol. The SMILES string of the molecule is FC(F)(F)Cc1nc2ccccc2n1C1=NC=CCC1CC(c1cccnc1)c1cccnc1. The smallest absolute Gasteiger partial charge is 0.283 e. The molecular weight excluding hydrogens is 439 g/mol. The quantitative estimate of drug-likeness (QED) is 0.370. The maximum Gasteiger partial charge on any atom is 0.396 e.